The molecule has 14 heavy (non-hydrogen) atoms. The maximum absolute atomic E-state index is 11.7. The van der Waals surface area contributed by atoms with E-state index >= 15 is 0 Å². The SMILES string of the molecule is CCC1(C(=O)NS(C)(=O)=O)CCNC1. The van der Waals surface area contributed by atoms with Crippen LogP contribution in [0.15, 0.2) is 0 Å². The summed E-state index contributed by atoms with van der Waals surface area (Å²) in [6.07, 6.45) is 2.35. The first-order valence-corrected chi connectivity index (χ1v) is 6.52. The lowest BCUT2D eigenvalue weighted by Gasteiger charge is -2.24. The smallest absolute Gasteiger partial charge is 0.240 e. The molecule has 2 N–H and O–H groups in total. The Morgan fingerprint density at radius 3 is 2.57 bits per heavy atom. The van der Waals surface area contributed by atoms with Gasteiger partial charge in [0.2, 0.25) is 15.9 Å². The van der Waals surface area contributed by atoms with Gasteiger partial charge < -0.3 is 5.32 Å². The second-order valence-electron chi connectivity index (χ2n) is 3.76. The highest BCUT2D eigenvalue weighted by molar-refractivity contribution is 7.89. The van der Waals surface area contributed by atoms with Crippen molar-refractivity contribution in [3.05, 3.63) is 0 Å². The predicted molar refractivity (Wildman–Crippen MR) is 53.2 cm³/mol. The summed E-state index contributed by atoms with van der Waals surface area (Å²) in [5.74, 6) is -0.382. The number of hydrogen-bond acceptors (Lipinski definition) is 4. The lowest BCUT2D eigenvalue weighted by atomic mass is 9.84. The molecule has 5 nitrogen and oxygen atoms in total. The van der Waals surface area contributed by atoms with Crippen molar-refractivity contribution in [3.8, 4) is 0 Å². The molecule has 82 valence electrons. The minimum atomic E-state index is -3.44. The number of amides is 1. The van der Waals surface area contributed by atoms with Crippen LogP contribution in [0.4, 0.5) is 0 Å². The zero-order chi connectivity index (χ0) is 10.8. The van der Waals surface area contributed by atoms with Gasteiger partial charge in [0.15, 0.2) is 0 Å². The molecule has 1 heterocycles. The molecule has 0 aromatic heterocycles. The molecule has 1 saturated heterocycles. The van der Waals surface area contributed by atoms with E-state index in [4.69, 9.17) is 0 Å². The fourth-order valence-corrected chi connectivity index (χ4v) is 2.23. The van der Waals surface area contributed by atoms with Crippen LogP contribution >= 0.6 is 0 Å². The van der Waals surface area contributed by atoms with Gasteiger partial charge in [-0.15, -0.1) is 0 Å². The molecule has 0 aromatic rings. The maximum Gasteiger partial charge on any atom is 0.240 e. The number of rotatable bonds is 3. The zero-order valence-electron chi connectivity index (χ0n) is 8.46. The van der Waals surface area contributed by atoms with E-state index in [0.29, 0.717) is 19.4 Å². The van der Waals surface area contributed by atoms with E-state index in [1.54, 1.807) is 0 Å². The average molecular weight is 220 g/mol. The molecular formula is C8H16N2O3S. The van der Waals surface area contributed by atoms with Crippen molar-refractivity contribution in [3.63, 3.8) is 0 Å². The normalized spacial score (nSPS) is 27.6. The Kier molecular flexibility index (Phi) is 3.16. The highest BCUT2D eigenvalue weighted by atomic mass is 32.2. The molecule has 1 rings (SSSR count). The number of sulfonamides is 1. The highest BCUT2D eigenvalue weighted by Gasteiger charge is 2.40. The second-order valence-corrected chi connectivity index (χ2v) is 5.51. The molecule has 0 aromatic carbocycles. The molecular weight excluding hydrogens is 204 g/mol. The number of carbonyl (C=O) groups excluding carboxylic acids is 1. The Morgan fingerprint density at radius 1 is 1.57 bits per heavy atom. The average Bonchev–Trinajstić information content (AvgIpc) is 2.49. The van der Waals surface area contributed by atoms with Gasteiger partial charge >= 0.3 is 0 Å². The van der Waals surface area contributed by atoms with Crippen molar-refractivity contribution in [2.45, 2.75) is 19.8 Å². The molecule has 0 bridgehead atoms. The third kappa shape index (κ3) is 2.45. The van der Waals surface area contributed by atoms with E-state index in [9.17, 15) is 13.2 Å². The van der Waals surface area contributed by atoms with Gasteiger partial charge in [-0.25, -0.2) is 8.42 Å². The number of nitrogens with one attached hydrogen (secondary N) is 2. The van der Waals surface area contributed by atoms with Crippen molar-refractivity contribution in [2.24, 2.45) is 5.41 Å². The van der Waals surface area contributed by atoms with E-state index in [1.807, 2.05) is 11.6 Å². The Balaban J connectivity index is 2.76. The van der Waals surface area contributed by atoms with Crippen LogP contribution in [0, 0.1) is 5.41 Å². The van der Waals surface area contributed by atoms with Crippen LogP contribution in [0.1, 0.15) is 19.8 Å². The summed E-state index contributed by atoms with van der Waals surface area (Å²) in [6.45, 7) is 3.23. The first-order chi connectivity index (χ1) is 6.40. The maximum atomic E-state index is 11.7. The van der Waals surface area contributed by atoms with Gasteiger partial charge in [0, 0.05) is 6.54 Å². The third-order valence-electron chi connectivity index (χ3n) is 2.68. The summed E-state index contributed by atoms with van der Waals surface area (Å²) in [5, 5.41) is 3.08. The van der Waals surface area contributed by atoms with Crippen LogP contribution in [-0.4, -0.2) is 33.7 Å². The minimum Gasteiger partial charge on any atom is -0.316 e. The number of hydrogen-bond donors (Lipinski definition) is 2. The lowest BCUT2D eigenvalue weighted by molar-refractivity contribution is -0.128. The van der Waals surface area contributed by atoms with Crippen molar-refractivity contribution in [2.75, 3.05) is 19.3 Å². The van der Waals surface area contributed by atoms with Crippen LogP contribution < -0.4 is 10.0 Å². The molecule has 0 radical (unpaired) electrons. The molecule has 1 aliphatic heterocycles. The highest BCUT2D eigenvalue weighted by Crippen LogP contribution is 2.29. The van der Waals surface area contributed by atoms with Crippen molar-refractivity contribution in [1.82, 2.24) is 10.0 Å². The molecule has 1 unspecified atom stereocenters. The summed E-state index contributed by atoms with van der Waals surface area (Å²) >= 11 is 0. The summed E-state index contributed by atoms with van der Waals surface area (Å²) in [5.41, 5.74) is -0.539. The molecule has 0 spiro atoms. The van der Waals surface area contributed by atoms with Gasteiger partial charge in [0.1, 0.15) is 0 Å². The standard InChI is InChI=1S/C8H16N2O3S/c1-3-8(4-5-9-6-8)7(11)10-14(2,12)13/h9H,3-6H2,1-2H3,(H,10,11). The molecule has 0 saturated carbocycles. The van der Waals surface area contributed by atoms with Crippen LogP contribution in [0.2, 0.25) is 0 Å². The zero-order valence-corrected chi connectivity index (χ0v) is 9.28. The number of carbonyl (C=O) groups is 1. The Morgan fingerprint density at radius 2 is 2.21 bits per heavy atom. The predicted octanol–water partition coefficient (Wildman–Crippen LogP) is -0.548. The van der Waals surface area contributed by atoms with E-state index in [0.717, 1.165) is 12.8 Å². The first-order valence-electron chi connectivity index (χ1n) is 4.62. The molecule has 1 atom stereocenters. The van der Waals surface area contributed by atoms with Crippen molar-refractivity contribution < 1.29 is 13.2 Å². The first kappa shape index (κ1) is 11.5. The van der Waals surface area contributed by atoms with E-state index < -0.39 is 15.4 Å². The van der Waals surface area contributed by atoms with Gasteiger partial charge in [-0.1, -0.05) is 6.92 Å². The molecule has 1 amide bonds. The van der Waals surface area contributed by atoms with Crippen LogP contribution in [0.25, 0.3) is 0 Å². The van der Waals surface area contributed by atoms with Crippen LogP contribution in [-0.2, 0) is 14.8 Å². The third-order valence-corrected chi connectivity index (χ3v) is 3.24. The second kappa shape index (κ2) is 3.86. The summed E-state index contributed by atoms with van der Waals surface area (Å²) in [6, 6.07) is 0. The fraction of sp³-hybridized carbons (Fsp3) is 0.875. The molecule has 1 fully saturated rings. The van der Waals surface area contributed by atoms with Gasteiger partial charge in [-0.3, -0.25) is 9.52 Å². The van der Waals surface area contributed by atoms with Gasteiger partial charge in [-0.2, -0.15) is 0 Å². The van der Waals surface area contributed by atoms with Crippen LogP contribution in [0.3, 0.4) is 0 Å². The quantitative estimate of drug-likeness (QED) is 0.669. The lowest BCUT2D eigenvalue weighted by Crippen LogP contribution is -2.44. The van der Waals surface area contributed by atoms with E-state index in [1.165, 1.54) is 0 Å². The Labute approximate surface area is 84.3 Å². The Bertz CT molecular complexity index is 317. The molecule has 1 aliphatic rings. The van der Waals surface area contributed by atoms with Gasteiger partial charge in [-0.05, 0) is 19.4 Å². The van der Waals surface area contributed by atoms with Gasteiger partial charge in [0.25, 0.3) is 0 Å². The van der Waals surface area contributed by atoms with Crippen molar-refractivity contribution >= 4 is 15.9 Å². The largest absolute Gasteiger partial charge is 0.316 e. The molecule has 0 aliphatic carbocycles. The Hall–Kier alpha value is -0.620. The van der Waals surface area contributed by atoms with E-state index in [2.05, 4.69) is 5.32 Å². The summed E-state index contributed by atoms with van der Waals surface area (Å²) in [7, 11) is -3.44. The monoisotopic (exact) mass is 220 g/mol. The summed E-state index contributed by atoms with van der Waals surface area (Å²) in [4.78, 5) is 11.7. The molecule has 6 heteroatoms. The summed E-state index contributed by atoms with van der Waals surface area (Å²) < 4.78 is 23.9. The van der Waals surface area contributed by atoms with Crippen molar-refractivity contribution in [1.29, 1.82) is 0 Å². The van der Waals surface area contributed by atoms with Gasteiger partial charge in [0.05, 0.1) is 11.7 Å². The van der Waals surface area contributed by atoms with Crippen LogP contribution in [0.5, 0.6) is 0 Å². The minimum absolute atomic E-state index is 0.382. The van der Waals surface area contributed by atoms with E-state index in [-0.39, 0.29) is 5.91 Å². The fourth-order valence-electron chi connectivity index (χ4n) is 1.68. The topological polar surface area (TPSA) is 75.3 Å².